The molecule has 0 bridgehead atoms. The van der Waals surface area contributed by atoms with Gasteiger partial charge >= 0.3 is 0 Å². The third kappa shape index (κ3) is 3.70. The lowest BCUT2D eigenvalue weighted by atomic mass is 9.87. The highest BCUT2D eigenvalue weighted by Crippen LogP contribution is 2.34. The van der Waals surface area contributed by atoms with Crippen molar-refractivity contribution in [2.24, 2.45) is 0 Å². The SMILES string of the molecule is CN1CCN(C)[C@@](C)(c2ccc(Nc3nc(-c4c(F)cccc4F)nc4c3C(=O)NC4)cc2)C1=O. The topological polar surface area (TPSA) is 90.5 Å². The van der Waals surface area contributed by atoms with Gasteiger partial charge in [0.1, 0.15) is 28.6 Å². The number of amides is 2. The normalized spacial score (nSPS) is 20.1. The number of halogens is 2. The molecular weight excluding hydrogens is 454 g/mol. The van der Waals surface area contributed by atoms with E-state index in [0.29, 0.717) is 17.9 Å². The number of piperazine rings is 1. The van der Waals surface area contributed by atoms with E-state index in [9.17, 15) is 18.4 Å². The van der Waals surface area contributed by atoms with Gasteiger partial charge in [-0.3, -0.25) is 14.5 Å². The number of anilines is 2. The maximum absolute atomic E-state index is 14.4. The smallest absolute Gasteiger partial charge is 0.257 e. The van der Waals surface area contributed by atoms with Gasteiger partial charge in [-0.25, -0.2) is 18.7 Å². The second-order valence-electron chi connectivity index (χ2n) is 8.92. The van der Waals surface area contributed by atoms with Crippen LogP contribution in [0.5, 0.6) is 0 Å². The Labute approximate surface area is 201 Å². The number of benzene rings is 2. The molecular formula is C25H24F2N6O2. The molecule has 8 nitrogen and oxygen atoms in total. The standard InChI is InChI=1S/C25H24F2N6O2/c1-25(24(35)32(2)11-12-33(25)3)14-7-9-15(10-8-14)29-22-20-18(13-28-23(20)34)30-21(31-22)19-16(26)5-4-6-17(19)27/h4-10H,11-13H2,1-3H3,(H,28,34)(H,29,30,31)/t25-/m0/s1. The summed E-state index contributed by atoms with van der Waals surface area (Å²) in [5.74, 6) is -1.96. The van der Waals surface area contributed by atoms with Gasteiger partial charge in [0.2, 0.25) is 5.91 Å². The molecule has 35 heavy (non-hydrogen) atoms. The van der Waals surface area contributed by atoms with Crippen LogP contribution in [0.4, 0.5) is 20.3 Å². The van der Waals surface area contributed by atoms with Gasteiger partial charge in [-0.05, 0) is 43.8 Å². The van der Waals surface area contributed by atoms with Crippen LogP contribution in [-0.4, -0.2) is 58.8 Å². The van der Waals surface area contributed by atoms with Crippen LogP contribution in [0.3, 0.4) is 0 Å². The number of fused-ring (bicyclic) bond motifs is 1. The maximum Gasteiger partial charge on any atom is 0.257 e. The first-order valence-electron chi connectivity index (χ1n) is 11.2. The highest BCUT2D eigenvalue weighted by Gasteiger charge is 2.44. The van der Waals surface area contributed by atoms with Crippen LogP contribution in [0.2, 0.25) is 0 Å². The van der Waals surface area contributed by atoms with E-state index in [-0.39, 0.29) is 41.1 Å². The zero-order valence-electron chi connectivity index (χ0n) is 19.5. The molecule has 0 unspecified atom stereocenters. The molecule has 0 saturated carbocycles. The number of hydrogen-bond acceptors (Lipinski definition) is 6. The van der Waals surface area contributed by atoms with E-state index in [1.165, 1.54) is 6.07 Å². The number of hydrogen-bond donors (Lipinski definition) is 2. The van der Waals surface area contributed by atoms with Gasteiger partial charge < -0.3 is 15.5 Å². The third-order valence-electron chi connectivity index (χ3n) is 6.82. The fraction of sp³-hybridized carbons (Fsp3) is 0.280. The van der Waals surface area contributed by atoms with E-state index in [1.807, 2.05) is 31.0 Å². The summed E-state index contributed by atoms with van der Waals surface area (Å²) in [5, 5.41) is 5.77. The van der Waals surface area contributed by atoms with Gasteiger partial charge in [0.15, 0.2) is 5.82 Å². The fourth-order valence-corrected chi connectivity index (χ4v) is 4.56. The molecule has 3 aromatic rings. The summed E-state index contributed by atoms with van der Waals surface area (Å²) in [5.41, 5.74) is 0.831. The fourth-order valence-electron chi connectivity index (χ4n) is 4.56. The van der Waals surface area contributed by atoms with Crippen molar-refractivity contribution >= 4 is 23.3 Å². The van der Waals surface area contributed by atoms with E-state index in [4.69, 9.17) is 0 Å². The summed E-state index contributed by atoms with van der Waals surface area (Å²) >= 11 is 0. The molecule has 2 N–H and O–H groups in total. The van der Waals surface area contributed by atoms with E-state index < -0.39 is 17.2 Å². The van der Waals surface area contributed by atoms with Crippen LogP contribution in [0, 0.1) is 11.6 Å². The molecule has 2 aliphatic rings. The van der Waals surface area contributed by atoms with Crippen molar-refractivity contribution in [2.75, 3.05) is 32.5 Å². The van der Waals surface area contributed by atoms with Crippen molar-refractivity contribution in [1.29, 1.82) is 0 Å². The molecule has 2 aliphatic heterocycles. The minimum Gasteiger partial charge on any atom is -0.346 e. The van der Waals surface area contributed by atoms with E-state index in [1.54, 1.807) is 24.1 Å². The van der Waals surface area contributed by atoms with E-state index in [0.717, 1.165) is 24.2 Å². The number of nitrogens with zero attached hydrogens (tertiary/aromatic N) is 4. The molecule has 1 fully saturated rings. The van der Waals surface area contributed by atoms with Crippen molar-refractivity contribution in [1.82, 2.24) is 25.1 Å². The summed E-state index contributed by atoms with van der Waals surface area (Å²) < 4.78 is 28.8. The third-order valence-corrected chi connectivity index (χ3v) is 6.82. The second kappa shape index (κ2) is 8.38. The maximum atomic E-state index is 14.4. The molecule has 10 heteroatoms. The van der Waals surface area contributed by atoms with Crippen LogP contribution in [0.25, 0.3) is 11.4 Å². The van der Waals surface area contributed by atoms with Gasteiger partial charge in [0.05, 0.1) is 17.8 Å². The summed E-state index contributed by atoms with van der Waals surface area (Å²) in [6.45, 7) is 3.44. The first-order chi connectivity index (χ1) is 16.7. The molecule has 0 spiro atoms. The molecule has 0 radical (unpaired) electrons. The average Bonchev–Trinajstić information content (AvgIpc) is 3.21. The zero-order valence-corrected chi connectivity index (χ0v) is 19.5. The van der Waals surface area contributed by atoms with Crippen LogP contribution in [-0.2, 0) is 16.9 Å². The second-order valence-corrected chi connectivity index (χ2v) is 8.92. The minimum absolute atomic E-state index is 0.00815. The van der Waals surface area contributed by atoms with Crippen LogP contribution in [0.1, 0.15) is 28.5 Å². The van der Waals surface area contributed by atoms with Crippen molar-refractivity contribution in [3.63, 3.8) is 0 Å². The largest absolute Gasteiger partial charge is 0.346 e. The molecule has 180 valence electrons. The summed E-state index contributed by atoms with van der Waals surface area (Å²) in [6, 6.07) is 10.8. The van der Waals surface area contributed by atoms with Crippen LogP contribution >= 0.6 is 0 Å². The number of rotatable bonds is 4. The first-order valence-corrected chi connectivity index (χ1v) is 11.2. The van der Waals surface area contributed by atoms with Crippen molar-refractivity contribution < 1.29 is 18.4 Å². The van der Waals surface area contributed by atoms with Gasteiger partial charge in [-0.1, -0.05) is 18.2 Å². The van der Waals surface area contributed by atoms with Crippen molar-refractivity contribution in [3.05, 3.63) is 70.9 Å². The average molecular weight is 479 g/mol. The number of likely N-dealkylation sites (N-methyl/N-ethyl adjacent to an activating group) is 2. The highest BCUT2D eigenvalue weighted by atomic mass is 19.1. The van der Waals surface area contributed by atoms with Gasteiger partial charge in [0, 0.05) is 25.8 Å². The molecule has 1 atom stereocenters. The molecule has 0 aliphatic carbocycles. The first kappa shape index (κ1) is 22.9. The number of aromatic nitrogens is 2. The molecule has 3 heterocycles. The van der Waals surface area contributed by atoms with E-state index in [2.05, 4.69) is 20.6 Å². The Morgan fingerprint density at radius 1 is 0.971 bits per heavy atom. The molecule has 1 aromatic heterocycles. The Morgan fingerprint density at radius 2 is 1.66 bits per heavy atom. The van der Waals surface area contributed by atoms with Gasteiger partial charge in [0.25, 0.3) is 5.91 Å². The number of nitrogens with one attached hydrogen (secondary N) is 2. The Balaban J connectivity index is 1.52. The Hall–Kier alpha value is -3.92. The van der Waals surface area contributed by atoms with E-state index >= 15 is 0 Å². The Bertz CT molecular complexity index is 1330. The summed E-state index contributed by atoms with van der Waals surface area (Å²) in [7, 11) is 3.71. The lowest BCUT2D eigenvalue weighted by Gasteiger charge is -2.45. The Kier molecular flexibility index (Phi) is 5.47. The quantitative estimate of drug-likeness (QED) is 0.599. The monoisotopic (exact) mass is 478 g/mol. The number of carbonyl (C=O) groups is 2. The number of carbonyl (C=O) groups excluding carboxylic acids is 2. The minimum atomic E-state index is -0.808. The molecule has 1 saturated heterocycles. The van der Waals surface area contributed by atoms with Crippen molar-refractivity contribution in [2.45, 2.75) is 19.0 Å². The molecule has 5 rings (SSSR count). The summed E-state index contributed by atoms with van der Waals surface area (Å²) in [6.07, 6.45) is 0. The lowest BCUT2D eigenvalue weighted by molar-refractivity contribution is -0.147. The van der Waals surface area contributed by atoms with Crippen molar-refractivity contribution in [3.8, 4) is 11.4 Å². The summed E-state index contributed by atoms with van der Waals surface area (Å²) in [4.78, 5) is 37.7. The lowest BCUT2D eigenvalue weighted by Crippen LogP contribution is -2.60. The van der Waals surface area contributed by atoms with Crippen LogP contribution < -0.4 is 10.6 Å². The highest BCUT2D eigenvalue weighted by molar-refractivity contribution is 6.03. The van der Waals surface area contributed by atoms with Gasteiger partial charge in [-0.15, -0.1) is 0 Å². The molecule has 2 amide bonds. The zero-order chi connectivity index (χ0) is 24.9. The predicted molar refractivity (Wildman–Crippen MR) is 126 cm³/mol. The Morgan fingerprint density at radius 3 is 2.34 bits per heavy atom. The predicted octanol–water partition coefficient (Wildman–Crippen LogP) is 3.03. The van der Waals surface area contributed by atoms with Crippen LogP contribution in [0.15, 0.2) is 42.5 Å². The van der Waals surface area contributed by atoms with Gasteiger partial charge in [-0.2, -0.15) is 0 Å². The molecule has 2 aromatic carbocycles.